The molecule has 1 aromatic rings. The van der Waals surface area contributed by atoms with Crippen molar-refractivity contribution in [3.05, 3.63) is 33.8 Å². The molecule has 21 heavy (non-hydrogen) atoms. The second kappa shape index (κ2) is 6.53. The number of hydrogen-bond donors (Lipinski definition) is 1. The molecule has 2 heterocycles. The number of hydrogen-bond acceptors (Lipinski definition) is 4. The summed E-state index contributed by atoms with van der Waals surface area (Å²) in [7, 11) is 2.16. The van der Waals surface area contributed by atoms with Gasteiger partial charge in [0.15, 0.2) is 0 Å². The largest absolute Gasteiger partial charge is 0.371 e. The molecule has 2 aliphatic rings. The van der Waals surface area contributed by atoms with Crippen LogP contribution in [0, 0.1) is 0 Å². The fraction of sp³-hybridized carbons (Fsp3) is 0.533. The molecule has 0 aromatic heterocycles. The third kappa shape index (κ3) is 3.34. The Kier molecular flexibility index (Phi) is 4.69. The summed E-state index contributed by atoms with van der Waals surface area (Å²) in [5.74, 6) is 1.11. The van der Waals surface area contributed by atoms with Gasteiger partial charge in [0.1, 0.15) is 5.84 Å². The zero-order valence-corrected chi connectivity index (χ0v) is 13.7. The molecule has 0 radical (unpaired) electrons. The van der Waals surface area contributed by atoms with Crippen molar-refractivity contribution in [3.8, 4) is 0 Å². The van der Waals surface area contributed by atoms with Gasteiger partial charge in [-0.15, -0.1) is 0 Å². The van der Waals surface area contributed by atoms with Gasteiger partial charge in [-0.2, -0.15) is 0 Å². The minimum atomic E-state index is 0.307. The predicted octanol–water partition coefficient (Wildman–Crippen LogP) is 2.11. The maximum absolute atomic E-state index is 6.33. The summed E-state index contributed by atoms with van der Waals surface area (Å²) in [5.41, 5.74) is 1.08. The Morgan fingerprint density at radius 1 is 1.33 bits per heavy atom. The molecule has 0 saturated carbocycles. The molecule has 1 saturated heterocycles. The van der Waals surface area contributed by atoms with Crippen molar-refractivity contribution in [1.82, 2.24) is 15.1 Å². The van der Waals surface area contributed by atoms with Gasteiger partial charge in [-0.05, 0) is 18.7 Å². The molecule has 0 aliphatic carbocycles. The summed E-state index contributed by atoms with van der Waals surface area (Å²) < 4.78 is 0. The number of aliphatic imine (C=N–C) groups is 1. The van der Waals surface area contributed by atoms with Crippen LogP contribution in [0.2, 0.25) is 10.0 Å². The van der Waals surface area contributed by atoms with E-state index in [4.69, 9.17) is 23.2 Å². The summed E-state index contributed by atoms with van der Waals surface area (Å²) in [4.78, 5) is 9.39. The van der Waals surface area contributed by atoms with Crippen LogP contribution < -0.4 is 5.32 Å². The third-order valence-electron chi connectivity index (χ3n) is 4.12. The SMILES string of the molecule is CN1CCN(Cc2cccc(Cl)c2Cl)C(C2=NCCN2)C1. The molecule has 0 spiro atoms. The van der Waals surface area contributed by atoms with E-state index in [1.807, 2.05) is 18.2 Å². The summed E-state index contributed by atoms with van der Waals surface area (Å²) in [6.45, 7) is 5.68. The number of rotatable bonds is 3. The highest BCUT2D eigenvalue weighted by Crippen LogP contribution is 2.27. The Bertz CT molecular complexity index is 546. The van der Waals surface area contributed by atoms with Gasteiger partial charge < -0.3 is 10.2 Å². The van der Waals surface area contributed by atoms with E-state index >= 15 is 0 Å². The zero-order chi connectivity index (χ0) is 14.8. The van der Waals surface area contributed by atoms with E-state index in [-0.39, 0.29) is 0 Å². The van der Waals surface area contributed by atoms with Gasteiger partial charge in [-0.25, -0.2) is 0 Å². The van der Waals surface area contributed by atoms with Crippen LogP contribution in [0.3, 0.4) is 0 Å². The normalized spacial score (nSPS) is 24.0. The summed E-state index contributed by atoms with van der Waals surface area (Å²) in [6, 6.07) is 6.14. The molecule has 6 heteroatoms. The Morgan fingerprint density at radius 2 is 2.19 bits per heavy atom. The van der Waals surface area contributed by atoms with Crippen molar-refractivity contribution >= 4 is 29.0 Å². The van der Waals surface area contributed by atoms with Crippen LogP contribution in [0.5, 0.6) is 0 Å². The van der Waals surface area contributed by atoms with Gasteiger partial charge in [-0.3, -0.25) is 9.89 Å². The molecule has 2 aliphatic heterocycles. The third-order valence-corrected chi connectivity index (χ3v) is 4.97. The number of nitrogens with zero attached hydrogens (tertiary/aromatic N) is 3. The van der Waals surface area contributed by atoms with Gasteiger partial charge >= 0.3 is 0 Å². The second-order valence-electron chi connectivity index (χ2n) is 5.66. The molecule has 3 rings (SSSR count). The highest BCUT2D eigenvalue weighted by Gasteiger charge is 2.30. The maximum atomic E-state index is 6.33. The van der Waals surface area contributed by atoms with E-state index in [2.05, 4.69) is 27.2 Å². The number of halogens is 2. The van der Waals surface area contributed by atoms with Crippen LogP contribution in [-0.4, -0.2) is 61.4 Å². The second-order valence-corrected chi connectivity index (χ2v) is 6.44. The van der Waals surface area contributed by atoms with Crippen molar-refractivity contribution in [2.45, 2.75) is 12.6 Å². The van der Waals surface area contributed by atoms with Crippen LogP contribution in [0.25, 0.3) is 0 Å². The van der Waals surface area contributed by atoms with Crippen molar-refractivity contribution in [1.29, 1.82) is 0 Å². The van der Waals surface area contributed by atoms with E-state index in [1.54, 1.807) is 0 Å². The minimum Gasteiger partial charge on any atom is -0.371 e. The lowest BCUT2D eigenvalue weighted by atomic mass is 10.1. The summed E-state index contributed by atoms with van der Waals surface area (Å²) >= 11 is 12.5. The number of nitrogens with one attached hydrogen (secondary N) is 1. The zero-order valence-electron chi connectivity index (χ0n) is 12.1. The molecule has 1 N–H and O–H groups in total. The van der Waals surface area contributed by atoms with Gasteiger partial charge in [0.05, 0.1) is 22.6 Å². The first kappa shape index (κ1) is 15.1. The van der Waals surface area contributed by atoms with E-state index in [1.165, 1.54) is 0 Å². The Labute approximate surface area is 135 Å². The summed E-state index contributed by atoms with van der Waals surface area (Å²) in [5, 5.41) is 4.70. The van der Waals surface area contributed by atoms with Crippen LogP contribution in [0.1, 0.15) is 5.56 Å². The lowest BCUT2D eigenvalue weighted by Gasteiger charge is -2.40. The molecule has 0 amide bonds. The fourth-order valence-corrected chi connectivity index (χ4v) is 3.31. The molecule has 114 valence electrons. The molecule has 1 atom stereocenters. The molecule has 1 aromatic carbocycles. The maximum Gasteiger partial charge on any atom is 0.115 e. The van der Waals surface area contributed by atoms with E-state index in [0.717, 1.165) is 50.7 Å². The van der Waals surface area contributed by atoms with Crippen molar-refractivity contribution in [3.63, 3.8) is 0 Å². The predicted molar refractivity (Wildman–Crippen MR) is 88.5 cm³/mol. The van der Waals surface area contributed by atoms with E-state index in [0.29, 0.717) is 16.1 Å². The standard InChI is InChI=1S/C15H20Cl2N4/c1-20-7-8-21(13(10-20)15-18-5-6-19-15)9-11-3-2-4-12(16)14(11)17/h2-4,13H,5-10H2,1H3,(H,18,19). The first-order valence-electron chi connectivity index (χ1n) is 7.29. The highest BCUT2D eigenvalue weighted by atomic mass is 35.5. The average Bonchev–Trinajstić information content (AvgIpc) is 2.99. The number of piperazine rings is 1. The number of benzene rings is 1. The monoisotopic (exact) mass is 326 g/mol. The molecule has 4 nitrogen and oxygen atoms in total. The Balaban J connectivity index is 1.80. The van der Waals surface area contributed by atoms with Gasteiger partial charge in [-0.1, -0.05) is 35.3 Å². The average molecular weight is 327 g/mol. The van der Waals surface area contributed by atoms with Crippen LogP contribution >= 0.6 is 23.2 Å². The van der Waals surface area contributed by atoms with Gasteiger partial charge in [0.2, 0.25) is 0 Å². The van der Waals surface area contributed by atoms with Crippen LogP contribution in [-0.2, 0) is 6.54 Å². The smallest absolute Gasteiger partial charge is 0.115 e. The summed E-state index contributed by atoms with van der Waals surface area (Å²) in [6.07, 6.45) is 0. The van der Waals surface area contributed by atoms with Gasteiger partial charge in [0, 0.05) is 32.7 Å². The first-order valence-corrected chi connectivity index (χ1v) is 8.04. The molecule has 1 fully saturated rings. The highest BCUT2D eigenvalue weighted by molar-refractivity contribution is 6.42. The van der Waals surface area contributed by atoms with Crippen molar-refractivity contribution < 1.29 is 0 Å². The lowest BCUT2D eigenvalue weighted by Crippen LogP contribution is -2.57. The molecular formula is C15H20Cl2N4. The fourth-order valence-electron chi connectivity index (χ4n) is 2.93. The van der Waals surface area contributed by atoms with Crippen LogP contribution in [0.15, 0.2) is 23.2 Å². The van der Waals surface area contributed by atoms with E-state index < -0.39 is 0 Å². The Morgan fingerprint density at radius 3 is 2.95 bits per heavy atom. The minimum absolute atomic E-state index is 0.307. The first-order chi connectivity index (χ1) is 10.1. The van der Waals surface area contributed by atoms with Crippen molar-refractivity contribution in [2.75, 3.05) is 39.8 Å². The van der Waals surface area contributed by atoms with Crippen molar-refractivity contribution in [2.24, 2.45) is 4.99 Å². The Hall–Kier alpha value is -0.810. The quantitative estimate of drug-likeness (QED) is 0.923. The van der Waals surface area contributed by atoms with Gasteiger partial charge in [0.25, 0.3) is 0 Å². The lowest BCUT2D eigenvalue weighted by molar-refractivity contribution is 0.117. The number of likely N-dealkylation sites (N-methyl/N-ethyl adjacent to an activating group) is 1. The topological polar surface area (TPSA) is 30.9 Å². The molecule has 1 unspecified atom stereocenters. The van der Waals surface area contributed by atoms with E-state index in [9.17, 15) is 0 Å². The number of amidine groups is 1. The van der Waals surface area contributed by atoms with Crippen LogP contribution in [0.4, 0.5) is 0 Å². The molecule has 0 bridgehead atoms. The molecular weight excluding hydrogens is 307 g/mol.